The molecule has 2 aromatic carbocycles. The van der Waals surface area contributed by atoms with Crippen LogP contribution in [-0.2, 0) is 0 Å². The number of benzene rings is 2. The number of nitrogens with one attached hydrogen (secondary N) is 1. The number of hydrogen-bond donors (Lipinski definition) is 1. The summed E-state index contributed by atoms with van der Waals surface area (Å²) in [5.74, 6) is 0.395. The second-order valence-electron chi connectivity index (χ2n) is 5.36. The largest absolute Gasteiger partial charge is 0.494 e. The second kappa shape index (κ2) is 7.82. The molecule has 0 saturated heterocycles. The summed E-state index contributed by atoms with van der Waals surface area (Å²) in [7, 11) is 0. The van der Waals surface area contributed by atoms with Crippen LogP contribution < -0.4 is 10.1 Å². The minimum absolute atomic E-state index is 0. The molecule has 0 fully saturated rings. The van der Waals surface area contributed by atoms with Crippen LogP contribution in [0, 0.1) is 24.1 Å². The van der Waals surface area contributed by atoms with E-state index in [4.69, 9.17) is 4.74 Å². The predicted octanol–water partition coefficient (Wildman–Crippen LogP) is 5.12. The Hall–Kier alpha value is -2.84. The Morgan fingerprint density at radius 2 is 2.04 bits per heavy atom. The van der Waals surface area contributed by atoms with E-state index >= 15 is 0 Å². The van der Waals surface area contributed by atoms with Crippen molar-refractivity contribution < 1.29 is 9.13 Å². The first kappa shape index (κ1) is 18.5. The van der Waals surface area contributed by atoms with Crippen LogP contribution in [0.5, 0.6) is 5.75 Å². The van der Waals surface area contributed by atoms with E-state index in [9.17, 15) is 9.65 Å². The van der Waals surface area contributed by atoms with E-state index in [1.807, 2.05) is 25.1 Å². The molecule has 0 atom stereocenters. The van der Waals surface area contributed by atoms with Gasteiger partial charge >= 0.3 is 0 Å². The van der Waals surface area contributed by atoms with Gasteiger partial charge in [0.05, 0.1) is 23.4 Å². The summed E-state index contributed by atoms with van der Waals surface area (Å²) in [6.07, 6.45) is 1.51. The molecule has 0 aliphatic heterocycles. The Kier molecular flexibility index (Phi) is 5.79. The fraction of sp³-hybridized carbons (Fsp3) is 0.158. The zero-order chi connectivity index (χ0) is 17.1. The summed E-state index contributed by atoms with van der Waals surface area (Å²) in [4.78, 5) is 4.30. The highest BCUT2D eigenvalue weighted by molar-refractivity contribution is 5.96. The van der Waals surface area contributed by atoms with Crippen LogP contribution in [0.25, 0.3) is 10.9 Å². The quantitative estimate of drug-likeness (QED) is 0.704. The molecule has 3 aromatic rings. The zero-order valence-corrected chi connectivity index (χ0v) is 14.7. The maximum absolute atomic E-state index is 13.8. The van der Waals surface area contributed by atoms with Gasteiger partial charge in [0.15, 0.2) is 0 Å². The van der Waals surface area contributed by atoms with Crippen LogP contribution in [0.1, 0.15) is 18.1 Å². The van der Waals surface area contributed by atoms with Gasteiger partial charge in [-0.25, -0.2) is 4.39 Å². The van der Waals surface area contributed by atoms with Gasteiger partial charge in [-0.2, -0.15) is 5.26 Å². The predicted molar refractivity (Wildman–Crippen MR) is 99.3 cm³/mol. The third-order valence-corrected chi connectivity index (χ3v) is 3.71. The monoisotopic (exact) mass is 357 g/mol. The second-order valence-corrected chi connectivity index (χ2v) is 5.36. The molecule has 1 heterocycles. The summed E-state index contributed by atoms with van der Waals surface area (Å²) in [5, 5.41) is 13.3. The van der Waals surface area contributed by atoms with Crippen LogP contribution in [-0.4, -0.2) is 11.6 Å². The van der Waals surface area contributed by atoms with Crippen molar-refractivity contribution in [3.8, 4) is 11.8 Å². The van der Waals surface area contributed by atoms with Crippen molar-refractivity contribution in [3.05, 3.63) is 59.5 Å². The number of nitriles is 1. The van der Waals surface area contributed by atoms with Crippen LogP contribution in [0.15, 0.2) is 42.6 Å². The molecule has 1 aromatic heterocycles. The van der Waals surface area contributed by atoms with Crippen molar-refractivity contribution in [1.29, 1.82) is 5.26 Å². The Morgan fingerprint density at radius 3 is 2.72 bits per heavy atom. The molecule has 3 rings (SSSR count). The molecule has 0 saturated carbocycles. The third-order valence-electron chi connectivity index (χ3n) is 3.71. The number of aryl methyl sites for hydroxylation is 1. The van der Waals surface area contributed by atoms with E-state index in [0.29, 0.717) is 34.9 Å². The van der Waals surface area contributed by atoms with Gasteiger partial charge in [-0.3, -0.25) is 4.98 Å². The number of halogens is 2. The highest BCUT2D eigenvalue weighted by atomic mass is 35.5. The lowest BCUT2D eigenvalue weighted by molar-refractivity contribution is 0.340. The summed E-state index contributed by atoms with van der Waals surface area (Å²) < 4.78 is 19.3. The van der Waals surface area contributed by atoms with Gasteiger partial charge in [0.2, 0.25) is 0 Å². The lowest BCUT2D eigenvalue weighted by atomic mass is 10.1. The molecule has 0 bridgehead atoms. The van der Waals surface area contributed by atoms with Crippen molar-refractivity contribution in [2.24, 2.45) is 0 Å². The first-order valence-electron chi connectivity index (χ1n) is 7.61. The fourth-order valence-corrected chi connectivity index (χ4v) is 2.46. The Morgan fingerprint density at radius 1 is 1.24 bits per heavy atom. The molecule has 0 amide bonds. The molecular weight excluding hydrogens is 341 g/mol. The number of nitrogens with zero attached hydrogens (tertiary/aromatic N) is 2. The van der Waals surface area contributed by atoms with Crippen molar-refractivity contribution in [2.75, 3.05) is 11.9 Å². The highest BCUT2D eigenvalue weighted by Gasteiger charge is 2.11. The maximum atomic E-state index is 13.8. The zero-order valence-electron chi connectivity index (χ0n) is 13.8. The average Bonchev–Trinajstić information content (AvgIpc) is 2.59. The molecule has 0 radical (unpaired) electrons. The smallest absolute Gasteiger partial charge is 0.128 e. The van der Waals surface area contributed by atoms with E-state index in [1.54, 1.807) is 19.1 Å². The van der Waals surface area contributed by atoms with Crippen molar-refractivity contribution in [1.82, 2.24) is 4.98 Å². The van der Waals surface area contributed by atoms with Crippen molar-refractivity contribution >= 4 is 34.7 Å². The Labute approximate surface area is 151 Å². The molecule has 128 valence electrons. The lowest BCUT2D eigenvalue weighted by Gasteiger charge is -2.13. The highest BCUT2D eigenvalue weighted by Crippen LogP contribution is 2.31. The Bertz CT molecular complexity index is 953. The van der Waals surface area contributed by atoms with Gasteiger partial charge in [0.1, 0.15) is 17.6 Å². The number of aromatic nitrogens is 1. The maximum Gasteiger partial charge on any atom is 0.128 e. The van der Waals surface area contributed by atoms with Crippen LogP contribution >= 0.6 is 12.4 Å². The van der Waals surface area contributed by atoms with Gasteiger partial charge in [0, 0.05) is 17.3 Å². The first-order chi connectivity index (χ1) is 11.6. The fourth-order valence-electron chi connectivity index (χ4n) is 2.46. The van der Waals surface area contributed by atoms with E-state index in [2.05, 4.69) is 16.4 Å². The summed E-state index contributed by atoms with van der Waals surface area (Å²) in [5.41, 5.74) is 2.85. The number of fused-ring (bicyclic) bond motifs is 1. The van der Waals surface area contributed by atoms with E-state index in [-0.39, 0.29) is 18.2 Å². The molecule has 0 spiro atoms. The van der Waals surface area contributed by atoms with Gasteiger partial charge in [-0.15, -0.1) is 12.4 Å². The van der Waals surface area contributed by atoms with Gasteiger partial charge in [-0.05, 0) is 49.7 Å². The number of ether oxygens (including phenoxy) is 1. The van der Waals surface area contributed by atoms with Gasteiger partial charge in [0.25, 0.3) is 0 Å². The summed E-state index contributed by atoms with van der Waals surface area (Å²) >= 11 is 0. The number of rotatable bonds is 4. The van der Waals surface area contributed by atoms with Crippen LogP contribution in [0.3, 0.4) is 0 Å². The number of hydrogen-bond acceptors (Lipinski definition) is 4. The molecule has 0 aliphatic carbocycles. The van der Waals surface area contributed by atoms with E-state index in [0.717, 1.165) is 10.9 Å². The first-order valence-corrected chi connectivity index (χ1v) is 7.61. The minimum atomic E-state index is -0.299. The van der Waals surface area contributed by atoms with Crippen LogP contribution in [0.2, 0.25) is 0 Å². The molecule has 25 heavy (non-hydrogen) atoms. The summed E-state index contributed by atoms with van der Waals surface area (Å²) in [6, 6.07) is 12.5. The van der Waals surface area contributed by atoms with E-state index in [1.165, 1.54) is 12.3 Å². The number of pyridine rings is 1. The standard InChI is InChI=1S/C19H16FN3O.ClH/c1-3-24-15-6-7-18-16(9-15)19(13(10-21)11-22-18)23-14-5-4-12(2)17(20)8-14;/h4-9,11H,3H2,1-2H3,(H,22,23);1H. The SMILES string of the molecule is CCOc1ccc2ncc(C#N)c(Nc3ccc(C)c(F)c3)c2c1.Cl. The third kappa shape index (κ3) is 3.81. The van der Waals surface area contributed by atoms with Crippen LogP contribution in [0.4, 0.5) is 15.8 Å². The number of anilines is 2. The molecule has 0 aliphatic rings. The van der Waals surface area contributed by atoms with Gasteiger partial charge in [-0.1, -0.05) is 6.07 Å². The normalized spacial score (nSPS) is 10.0. The Balaban J connectivity index is 0.00000225. The topological polar surface area (TPSA) is 57.9 Å². The average molecular weight is 358 g/mol. The molecular formula is C19H17ClFN3O. The van der Waals surface area contributed by atoms with Gasteiger partial charge < -0.3 is 10.1 Å². The summed E-state index contributed by atoms with van der Waals surface area (Å²) in [6.45, 7) is 4.15. The minimum Gasteiger partial charge on any atom is -0.494 e. The molecule has 4 nitrogen and oxygen atoms in total. The van der Waals surface area contributed by atoms with Crippen molar-refractivity contribution in [2.45, 2.75) is 13.8 Å². The molecule has 1 N–H and O–H groups in total. The van der Waals surface area contributed by atoms with E-state index < -0.39 is 0 Å². The molecule has 6 heteroatoms. The lowest BCUT2D eigenvalue weighted by Crippen LogP contribution is -1.98. The van der Waals surface area contributed by atoms with Crippen molar-refractivity contribution in [3.63, 3.8) is 0 Å². The molecule has 0 unspecified atom stereocenters.